The maximum absolute atomic E-state index is 10.3. The molecule has 0 saturated heterocycles. The van der Waals surface area contributed by atoms with E-state index in [0.29, 0.717) is 6.61 Å². The van der Waals surface area contributed by atoms with Gasteiger partial charge >= 0.3 is 5.97 Å². The van der Waals surface area contributed by atoms with Crippen molar-refractivity contribution in [1.82, 2.24) is 0 Å². The lowest BCUT2D eigenvalue weighted by atomic mass is 10.5. The smallest absolute Gasteiger partial charge is 0.334 e. The molecule has 0 N–H and O–H groups in total. The Hall–Kier alpha value is -0.400. The first kappa shape index (κ1) is 5.73. The van der Waals surface area contributed by atoms with Crippen molar-refractivity contribution in [2.75, 3.05) is 6.61 Å². The van der Waals surface area contributed by atoms with Crippen LogP contribution in [0.3, 0.4) is 0 Å². The molecule has 0 fully saturated rings. The van der Waals surface area contributed by atoms with Gasteiger partial charge in [0, 0.05) is 6.08 Å². The van der Waals surface area contributed by atoms with Crippen LogP contribution in [-0.4, -0.2) is 12.6 Å². The lowest BCUT2D eigenvalue weighted by Crippen LogP contribution is -1.87. The van der Waals surface area contributed by atoms with Crippen LogP contribution in [0.25, 0.3) is 0 Å². The third kappa shape index (κ3) is 1.60. The standard InChI is InChI=1S/C4H5O3P/c5-4-2-1-3-6-8-7-4/h1-2,8H,3H2. The normalized spacial score (nSPS) is 22.8. The van der Waals surface area contributed by atoms with E-state index in [0.717, 1.165) is 0 Å². The Morgan fingerprint density at radius 3 is 3.50 bits per heavy atom. The van der Waals surface area contributed by atoms with E-state index in [-0.39, 0.29) is 15.0 Å². The highest BCUT2D eigenvalue weighted by atomic mass is 31.1. The lowest BCUT2D eigenvalue weighted by molar-refractivity contribution is -0.128. The molecule has 0 aromatic carbocycles. The van der Waals surface area contributed by atoms with E-state index in [1.54, 1.807) is 6.08 Å². The first-order valence-corrected chi connectivity index (χ1v) is 2.95. The van der Waals surface area contributed by atoms with Crippen LogP contribution in [0.4, 0.5) is 0 Å². The molecule has 1 rings (SSSR count). The maximum Gasteiger partial charge on any atom is 0.334 e. The second kappa shape index (κ2) is 2.80. The zero-order valence-electron chi connectivity index (χ0n) is 4.09. The van der Waals surface area contributed by atoms with Gasteiger partial charge in [-0.25, -0.2) is 4.79 Å². The van der Waals surface area contributed by atoms with Gasteiger partial charge in [-0.15, -0.1) is 0 Å². The molecule has 44 valence electrons. The molecule has 1 heterocycles. The van der Waals surface area contributed by atoms with E-state index in [1.165, 1.54) is 6.08 Å². The molecule has 0 amide bonds. The molecule has 0 aromatic heterocycles. The van der Waals surface area contributed by atoms with Crippen molar-refractivity contribution in [3.63, 3.8) is 0 Å². The molecule has 3 nitrogen and oxygen atoms in total. The molecule has 0 radical (unpaired) electrons. The van der Waals surface area contributed by atoms with Gasteiger partial charge in [-0.3, -0.25) is 0 Å². The van der Waals surface area contributed by atoms with Gasteiger partial charge in [0.05, 0.1) is 6.61 Å². The lowest BCUT2D eigenvalue weighted by Gasteiger charge is -1.93. The molecule has 1 atom stereocenters. The largest absolute Gasteiger partial charge is 0.416 e. The Balaban J connectivity index is 2.44. The molecule has 0 aliphatic carbocycles. The molecule has 0 aromatic rings. The molecule has 8 heavy (non-hydrogen) atoms. The van der Waals surface area contributed by atoms with Crippen molar-refractivity contribution >= 4 is 15.0 Å². The van der Waals surface area contributed by atoms with Crippen molar-refractivity contribution in [1.29, 1.82) is 0 Å². The van der Waals surface area contributed by atoms with Crippen LogP contribution in [0.15, 0.2) is 12.2 Å². The van der Waals surface area contributed by atoms with E-state index in [2.05, 4.69) is 4.52 Å². The molecule has 0 saturated carbocycles. The summed E-state index contributed by atoms with van der Waals surface area (Å²) in [4.78, 5) is 10.3. The second-order valence-corrected chi connectivity index (χ2v) is 1.88. The second-order valence-electron chi connectivity index (χ2n) is 1.22. The van der Waals surface area contributed by atoms with Gasteiger partial charge in [-0.2, -0.15) is 0 Å². The summed E-state index contributed by atoms with van der Waals surface area (Å²) >= 11 is 0. The van der Waals surface area contributed by atoms with Gasteiger partial charge in [0.2, 0.25) is 9.03 Å². The third-order valence-corrected chi connectivity index (χ3v) is 1.20. The average molecular weight is 132 g/mol. The third-order valence-electron chi connectivity index (χ3n) is 0.635. The van der Waals surface area contributed by atoms with Gasteiger partial charge in [0.1, 0.15) is 0 Å². The molecular formula is C4H5O3P. The van der Waals surface area contributed by atoms with Gasteiger partial charge in [-0.05, 0) is 0 Å². The molecule has 0 bridgehead atoms. The minimum Gasteiger partial charge on any atom is -0.416 e. The summed E-state index contributed by atoms with van der Waals surface area (Å²) in [5, 5.41) is 0. The monoisotopic (exact) mass is 132 g/mol. The van der Waals surface area contributed by atoms with Crippen LogP contribution in [0.5, 0.6) is 0 Å². The molecule has 4 heteroatoms. The SMILES string of the molecule is O=C1C=CCOPO1. The minimum absolute atomic E-state index is 0.137. The first-order valence-electron chi connectivity index (χ1n) is 2.14. The number of hydrogen-bond acceptors (Lipinski definition) is 3. The zero-order chi connectivity index (χ0) is 5.82. The number of carbonyl (C=O) groups is 1. The average Bonchev–Trinajstić information content (AvgIpc) is 1.94. The summed E-state index contributed by atoms with van der Waals surface area (Å²) < 4.78 is 9.25. The van der Waals surface area contributed by atoms with Crippen molar-refractivity contribution in [2.24, 2.45) is 0 Å². The summed E-state index contributed by atoms with van der Waals surface area (Å²) in [5.74, 6) is -0.319. The fourth-order valence-electron chi connectivity index (χ4n) is 0.331. The van der Waals surface area contributed by atoms with E-state index in [4.69, 9.17) is 4.52 Å². The van der Waals surface area contributed by atoms with E-state index >= 15 is 0 Å². The van der Waals surface area contributed by atoms with Crippen molar-refractivity contribution in [3.05, 3.63) is 12.2 Å². The first-order chi connectivity index (χ1) is 3.89. The predicted octanol–water partition coefficient (Wildman–Crippen LogP) is 0.624. The molecule has 1 aliphatic rings. The van der Waals surface area contributed by atoms with E-state index < -0.39 is 0 Å². The Kier molecular flexibility index (Phi) is 2.00. The fraction of sp³-hybridized carbons (Fsp3) is 0.250. The Morgan fingerprint density at radius 1 is 1.75 bits per heavy atom. The van der Waals surface area contributed by atoms with Crippen LogP contribution >= 0.6 is 9.03 Å². The molecule has 1 unspecified atom stereocenters. The summed E-state index contributed by atoms with van der Waals surface area (Å²) in [5.41, 5.74) is 0. The van der Waals surface area contributed by atoms with Crippen LogP contribution in [0.2, 0.25) is 0 Å². The summed E-state index contributed by atoms with van der Waals surface area (Å²) in [7, 11) is -0.137. The Bertz CT molecular complexity index is 120. The van der Waals surface area contributed by atoms with Crippen LogP contribution in [-0.2, 0) is 13.8 Å². The van der Waals surface area contributed by atoms with Crippen molar-refractivity contribution in [2.45, 2.75) is 0 Å². The Labute approximate surface area is 48.6 Å². The van der Waals surface area contributed by atoms with Gasteiger partial charge < -0.3 is 9.05 Å². The summed E-state index contributed by atoms with van der Waals surface area (Å²) in [6.07, 6.45) is 2.99. The predicted molar refractivity (Wildman–Crippen MR) is 29.5 cm³/mol. The Morgan fingerprint density at radius 2 is 2.62 bits per heavy atom. The summed E-state index contributed by atoms with van der Waals surface area (Å²) in [6, 6.07) is 0. The van der Waals surface area contributed by atoms with Crippen molar-refractivity contribution < 1.29 is 13.8 Å². The van der Waals surface area contributed by atoms with Crippen LogP contribution < -0.4 is 0 Å². The van der Waals surface area contributed by atoms with Crippen molar-refractivity contribution in [3.8, 4) is 0 Å². The minimum atomic E-state index is -0.319. The molecule has 0 spiro atoms. The highest BCUT2D eigenvalue weighted by molar-refractivity contribution is 7.27. The number of hydrogen-bond donors (Lipinski definition) is 0. The number of carbonyl (C=O) groups excluding carboxylic acids is 1. The van der Waals surface area contributed by atoms with E-state index in [1.807, 2.05) is 0 Å². The highest BCUT2D eigenvalue weighted by Gasteiger charge is 1.99. The topological polar surface area (TPSA) is 35.5 Å². The maximum atomic E-state index is 10.3. The van der Waals surface area contributed by atoms with Gasteiger partial charge in [-0.1, -0.05) is 6.08 Å². The van der Waals surface area contributed by atoms with E-state index in [9.17, 15) is 4.79 Å². The van der Waals surface area contributed by atoms with Crippen LogP contribution in [0.1, 0.15) is 0 Å². The van der Waals surface area contributed by atoms with Gasteiger partial charge in [0.15, 0.2) is 0 Å². The summed E-state index contributed by atoms with van der Waals surface area (Å²) in [6.45, 7) is 0.476. The fourth-order valence-corrected chi connectivity index (χ4v) is 0.704. The highest BCUT2D eigenvalue weighted by Crippen LogP contribution is 2.15. The molecule has 1 aliphatic heterocycles. The van der Waals surface area contributed by atoms with Gasteiger partial charge in [0.25, 0.3) is 0 Å². The quantitative estimate of drug-likeness (QED) is 0.453. The van der Waals surface area contributed by atoms with Crippen LogP contribution in [0, 0.1) is 0 Å². The molecular weight excluding hydrogens is 127 g/mol. The zero-order valence-corrected chi connectivity index (χ0v) is 5.09. The number of rotatable bonds is 0.